The van der Waals surface area contributed by atoms with Crippen LogP contribution in [0.15, 0.2) is 24.3 Å². The average molecular weight is 261 g/mol. The van der Waals surface area contributed by atoms with E-state index in [1.54, 1.807) is 0 Å². The first kappa shape index (κ1) is 14.5. The number of aryl methyl sites for hydroxylation is 1. The zero-order valence-electron chi connectivity index (χ0n) is 12.5. The van der Waals surface area contributed by atoms with E-state index in [0.29, 0.717) is 6.04 Å². The molecule has 1 aliphatic rings. The van der Waals surface area contributed by atoms with Crippen molar-refractivity contribution in [2.75, 3.05) is 33.7 Å². The van der Waals surface area contributed by atoms with Gasteiger partial charge in [-0.15, -0.1) is 0 Å². The van der Waals surface area contributed by atoms with Gasteiger partial charge < -0.3 is 10.6 Å². The topological polar surface area (TPSA) is 32.5 Å². The van der Waals surface area contributed by atoms with Gasteiger partial charge in [0.15, 0.2) is 0 Å². The Labute approximate surface area is 117 Å². The lowest BCUT2D eigenvalue weighted by molar-refractivity contribution is 0.198. The number of nitrogens with zero attached hydrogens (tertiary/aromatic N) is 2. The summed E-state index contributed by atoms with van der Waals surface area (Å²) in [5, 5.41) is 0. The summed E-state index contributed by atoms with van der Waals surface area (Å²) in [7, 11) is 4.30. The van der Waals surface area contributed by atoms with E-state index in [0.717, 1.165) is 13.1 Å². The van der Waals surface area contributed by atoms with Gasteiger partial charge in [-0.25, -0.2) is 0 Å². The molecule has 0 saturated carbocycles. The zero-order chi connectivity index (χ0) is 13.8. The third-order valence-electron chi connectivity index (χ3n) is 4.09. The lowest BCUT2D eigenvalue weighted by Crippen LogP contribution is -2.41. The Kier molecular flexibility index (Phi) is 4.97. The summed E-state index contributed by atoms with van der Waals surface area (Å²) in [6.07, 6.45) is 2.61. The lowest BCUT2D eigenvalue weighted by Gasteiger charge is -2.29. The van der Waals surface area contributed by atoms with Crippen LogP contribution in [0, 0.1) is 6.92 Å². The van der Waals surface area contributed by atoms with Gasteiger partial charge in [-0.3, -0.25) is 4.90 Å². The predicted molar refractivity (Wildman–Crippen MR) is 81.3 cm³/mol. The molecule has 106 valence electrons. The molecule has 1 aromatic carbocycles. The van der Waals surface area contributed by atoms with E-state index in [-0.39, 0.29) is 6.04 Å². The first-order chi connectivity index (χ1) is 9.08. The number of nitrogens with two attached hydrogens (primary N) is 1. The van der Waals surface area contributed by atoms with Crippen LogP contribution >= 0.6 is 0 Å². The van der Waals surface area contributed by atoms with Crippen LogP contribution in [-0.2, 0) is 0 Å². The molecule has 0 spiro atoms. The fourth-order valence-electron chi connectivity index (χ4n) is 3.12. The maximum absolute atomic E-state index is 6.41. The Morgan fingerprint density at radius 1 is 1.37 bits per heavy atom. The van der Waals surface area contributed by atoms with Gasteiger partial charge in [0.05, 0.1) is 0 Å². The first-order valence-corrected chi connectivity index (χ1v) is 7.28. The highest BCUT2D eigenvalue weighted by atomic mass is 15.2. The zero-order valence-corrected chi connectivity index (χ0v) is 12.5. The maximum atomic E-state index is 6.41. The number of likely N-dealkylation sites (N-methyl/N-ethyl adjacent to an activating group) is 1. The third-order valence-corrected chi connectivity index (χ3v) is 4.09. The summed E-state index contributed by atoms with van der Waals surface area (Å²) in [4.78, 5) is 4.85. The molecule has 2 rings (SSSR count). The van der Waals surface area contributed by atoms with E-state index in [9.17, 15) is 0 Å². The van der Waals surface area contributed by atoms with E-state index in [2.05, 4.69) is 55.1 Å². The molecular formula is C16H27N3. The minimum Gasteiger partial charge on any atom is -0.323 e. The van der Waals surface area contributed by atoms with Crippen LogP contribution in [0.1, 0.15) is 30.0 Å². The largest absolute Gasteiger partial charge is 0.323 e. The van der Waals surface area contributed by atoms with E-state index in [4.69, 9.17) is 5.73 Å². The molecule has 0 aromatic heterocycles. The van der Waals surface area contributed by atoms with Gasteiger partial charge in [-0.1, -0.05) is 24.3 Å². The predicted octanol–water partition coefficient (Wildman–Crippen LogP) is 2.02. The second-order valence-corrected chi connectivity index (χ2v) is 6.02. The van der Waals surface area contributed by atoms with E-state index in [1.807, 2.05) is 0 Å². The number of benzene rings is 1. The third kappa shape index (κ3) is 3.78. The van der Waals surface area contributed by atoms with Crippen molar-refractivity contribution in [2.24, 2.45) is 5.73 Å². The molecule has 3 nitrogen and oxygen atoms in total. The summed E-state index contributed by atoms with van der Waals surface area (Å²) in [6, 6.07) is 9.28. The van der Waals surface area contributed by atoms with Crippen molar-refractivity contribution in [3.8, 4) is 0 Å². The van der Waals surface area contributed by atoms with Crippen molar-refractivity contribution in [1.29, 1.82) is 0 Å². The maximum Gasteiger partial charge on any atom is 0.0427 e. The van der Waals surface area contributed by atoms with Crippen molar-refractivity contribution in [1.82, 2.24) is 9.80 Å². The second kappa shape index (κ2) is 6.51. The molecule has 2 N–H and O–H groups in total. The molecule has 0 aliphatic carbocycles. The van der Waals surface area contributed by atoms with Crippen molar-refractivity contribution < 1.29 is 0 Å². The molecule has 0 amide bonds. The van der Waals surface area contributed by atoms with Crippen molar-refractivity contribution in [2.45, 2.75) is 31.8 Å². The minimum atomic E-state index is 0.129. The highest BCUT2D eigenvalue weighted by Gasteiger charge is 2.26. The highest BCUT2D eigenvalue weighted by Crippen LogP contribution is 2.22. The molecule has 1 fully saturated rings. The number of likely N-dealkylation sites (tertiary alicyclic amines) is 1. The van der Waals surface area contributed by atoms with Gasteiger partial charge in [0.25, 0.3) is 0 Å². The standard InChI is InChI=1S/C16H27N3/c1-13-7-4-5-9-15(13)16(17)12-19-10-6-8-14(19)11-18(2)3/h4-5,7,9,14,16H,6,8,10-12,17H2,1-3H3. The molecule has 1 heterocycles. The summed E-state index contributed by atoms with van der Waals surface area (Å²) in [5.74, 6) is 0. The molecule has 19 heavy (non-hydrogen) atoms. The van der Waals surface area contributed by atoms with Crippen molar-refractivity contribution in [3.63, 3.8) is 0 Å². The summed E-state index contributed by atoms with van der Waals surface area (Å²) in [5.41, 5.74) is 9.01. The van der Waals surface area contributed by atoms with Gasteiger partial charge >= 0.3 is 0 Å². The van der Waals surface area contributed by atoms with E-state index < -0.39 is 0 Å². The normalized spacial score (nSPS) is 22.1. The van der Waals surface area contributed by atoms with Gasteiger partial charge in [0.1, 0.15) is 0 Å². The molecular weight excluding hydrogens is 234 g/mol. The Bertz CT molecular complexity index is 403. The van der Waals surface area contributed by atoms with E-state index in [1.165, 1.54) is 30.5 Å². The Hall–Kier alpha value is -0.900. The molecule has 3 heteroatoms. The molecule has 2 unspecified atom stereocenters. The second-order valence-electron chi connectivity index (χ2n) is 6.02. The van der Waals surface area contributed by atoms with Crippen molar-refractivity contribution in [3.05, 3.63) is 35.4 Å². The van der Waals surface area contributed by atoms with Gasteiger partial charge in [-0.05, 0) is 51.5 Å². The van der Waals surface area contributed by atoms with Crippen LogP contribution in [-0.4, -0.2) is 49.6 Å². The van der Waals surface area contributed by atoms with Gasteiger partial charge in [0.2, 0.25) is 0 Å². The van der Waals surface area contributed by atoms with Crippen LogP contribution in [0.2, 0.25) is 0 Å². The van der Waals surface area contributed by atoms with Gasteiger partial charge in [-0.2, -0.15) is 0 Å². The van der Waals surface area contributed by atoms with Crippen LogP contribution in [0.25, 0.3) is 0 Å². The first-order valence-electron chi connectivity index (χ1n) is 7.28. The molecule has 1 aliphatic heterocycles. The fourth-order valence-corrected chi connectivity index (χ4v) is 3.12. The Balaban J connectivity index is 1.98. The highest BCUT2D eigenvalue weighted by molar-refractivity contribution is 5.28. The Morgan fingerprint density at radius 2 is 2.11 bits per heavy atom. The summed E-state index contributed by atoms with van der Waals surface area (Å²) >= 11 is 0. The summed E-state index contributed by atoms with van der Waals surface area (Å²) < 4.78 is 0. The SMILES string of the molecule is Cc1ccccc1C(N)CN1CCCC1CN(C)C. The minimum absolute atomic E-state index is 0.129. The van der Waals surface area contributed by atoms with Crippen LogP contribution in [0.4, 0.5) is 0 Å². The molecule has 1 aromatic rings. The molecule has 0 bridgehead atoms. The average Bonchev–Trinajstić information content (AvgIpc) is 2.76. The van der Waals surface area contributed by atoms with Crippen LogP contribution in [0.5, 0.6) is 0 Å². The molecule has 2 atom stereocenters. The van der Waals surface area contributed by atoms with Gasteiger partial charge in [0, 0.05) is 25.2 Å². The van der Waals surface area contributed by atoms with Crippen molar-refractivity contribution >= 4 is 0 Å². The van der Waals surface area contributed by atoms with E-state index >= 15 is 0 Å². The smallest absolute Gasteiger partial charge is 0.0427 e. The van der Waals surface area contributed by atoms with Crippen LogP contribution < -0.4 is 5.73 Å². The fraction of sp³-hybridized carbons (Fsp3) is 0.625. The number of hydrogen-bond acceptors (Lipinski definition) is 3. The molecule has 0 radical (unpaired) electrons. The summed E-state index contributed by atoms with van der Waals surface area (Å²) in [6.45, 7) is 5.46. The van der Waals surface area contributed by atoms with Crippen LogP contribution in [0.3, 0.4) is 0 Å². The molecule has 1 saturated heterocycles. The monoisotopic (exact) mass is 261 g/mol. The number of hydrogen-bond donors (Lipinski definition) is 1. The quantitative estimate of drug-likeness (QED) is 0.880. The Morgan fingerprint density at radius 3 is 2.79 bits per heavy atom. The lowest BCUT2D eigenvalue weighted by atomic mass is 10.0. The number of rotatable bonds is 5.